The van der Waals surface area contributed by atoms with Crippen LogP contribution in [0, 0.1) is 0 Å². The van der Waals surface area contributed by atoms with Crippen LogP contribution < -0.4 is 9.64 Å². The van der Waals surface area contributed by atoms with Crippen molar-refractivity contribution in [3.05, 3.63) is 52.8 Å². The Kier molecular flexibility index (Phi) is 4.51. The first-order valence-electron chi connectivity index (χ1n) is 7.24. The number of anilines is 1. The van der Waals surface area contributed by atoms with E-state index in [1.165, 1.54) is 30.6 Å². The normalized spacial score (nSPS) is 16.2. The molecule has 0 N–H and O–H groups in total. The molecule has 3 rings (SSSR count). The van der Waals surface area contributed by atoms with Gasteiger partial charge in [-0.05, 0) is 17.7 Å². The first kappa shape index (κ1) is 18.4. The highest BCUT2D eigenvalue weighted by atomic mass is 35.5. The number of pyridine rings is 1. The molecule has 0 saturated heterocycles. The number of carbonyl (C=O) groups excluding carboxylic acids is 1. The summed E-state index contributed by atoms with van der Waals surface area (Å²) in [4.78, 5) is 16.5. The summed E-state index contributed by atoms with van der Waals surface area (Å²) in [6.07, 6.45) is -7.76. The summed E-state index contributed by atoms with van der Waals surface area (Å²) in [5.41, 5.74) is -0.338. The second-order valence-corrected chi connectivity index (χ2v) is 6.02. The zero-order valence-corrected chi connectivity index (χ0v) is 13.6. The van der Waals surface area contributed by atoms with Gasteiger partial charge in [0.1, 0.15) is 0 Å². The van der Waals surface area contributed by atoms with Crippen LogP contribution in [0.1, 0.15) is 11.1 Å². The number of fused-ring (bicyclic) bond motifs is 1. The molecular formula is C16H10ClF5N2O2. The van der Waals surface area contributed by atoms with Crippen LogP contribution >= 0.6 is 11.6 Å². The summed E-state index contributed by atoms with van der Waals surface area (Å²) >= 11 is 5.79. The van der Waals surface area contributed by atoms with Gasteiger partial charge >= 0.3 is 18.2 Å². The zero-order valence-electron chi connectivity index (χ0n) is 12.9. The SMILES string of the molecule is O=C1N(Cc2cncc(Cl)c2)c2cccc(CC(F)(F)F)c2OC1(F)F. The molecule has 0 spiro atoms. The van der Waals surface area contributed by atoms with Crippen LogP contribution in [-0.2, 0) is 17.8 Å². The molecule has 1 aromatic heterocycles. The fourth-order valence-corrected chi connectivity index (χ4v) is 2.77. The van der Waals surface area contributed by atoms with Crippen LogP contribution in [0.4, 0.5) is 27.6 Å². The Bertz CT molecular complexity index is 857. The minimum absolute atomic E-state index is 0.178. The number of benzene rings is 1. The molecule has 10 heteroatoms. The van der Waals surface area contributed by atoms with Gasteiger partial charge in [-0.25, -0.2) is 0 Å². The quantitative estimate of drug-likeness (QED) is 0.729. The fraction of sp³-hybridized carbons (Fsp3) is 0.250. The van der Waals surface area contributed by atoms with Gasteiger partial charge in [-0.1, -0.05) is 23.7 Å². The zero-order chi connectivity index (χ0) is 19.1. The largest absolute Gasteiger partial charge is 0.483 e. The lowest BCUT2D eigenvalue weighted by Gasteiger charge is -2.34. The van der Waals surface area contributed by atoms with E-state index in [9.17, 15) is 26.7 Å². The van der Waals surface area contributed by atoms with E-state index in [1.54, 1.807) is 0 Å². The van der Waals surface area contributed by atoms with Crippen molar-refractivity contribution >= 4 is 23.2 Å². The number of hydrogen-bond acceptors (Lipinski definition) is 3. The molecule has 0 saturated carbocycles. The van der Waals surface area contributed by atoms with E-state index in [4.69, 9.17) is 11.6 Å². The van der Waals surface area contributed by atoms with Gasteiger partial charge in [0.2, 0.25) is 0 Å². The monoisotopic (exact) mass is 392 g/mol. The number of hydrogen-bond donors (Lipinski definition) is 0. The van der Waals surface area contributed by atoms with Crippen molar-refractivity contribution in [2.75, 3.05) is 4.90 Å². The van der Waals surface area contributed by atoms with E-state index >= 15 is 0 Å². The Balaban J connectivity index is 2.06. The Labute approximate surface area is 149 Å². The van der Waals surface area contributed by atoms with Gasteiger partial charge in [0, 0.05) is 18.0 Å². The van der Waals surface area contributed by atoms with Crippen molar-refractivity contribution < 1.29 is 31.5 Å². The van der Waals surface area contributed by atoms with Gasteiger partial charge in [-0.2, -0.15) is 22.0 Å². The summed E-state index contributed by atoms with van der Waals surface area (Å²) in [7, 11) is 0. The second-order valence-electron chi connectivity index (χ2n) is 5.58. The predicted molar refractivity (Wildman–Crippen MR) is 82.2 cm³/mol. The highest BCUT2D eigenvalue weighted by molar-refractivity contribution is 6.30. The number of nitrogens with zero attached hydrogens (tertiary/aromatic N) is 2. The maximum absolute atomic E-state index is 14.0. The molecule has 2 aromatic rings. The molecule has 0 bridgehead atoms. The molecule has 1 amide bonds. The fourth-order valence-electron chi connectivity index (χ4n) is 2.58. The van der Waals surface area contributed by atoms with Crippen molar-refractivity contribution in [2.45, 2.75) is 25.3 Å². The number of ether oxygens (including phenoxy) is 1. The highest BCUT2D eigenvalue weighted by Crippen LogP contribution is 2.43. The van der Waals surface area contributed by atoms with Gasteiger partial charge in [0.15, 0.2) is 5.75 Å². The molecule has 0 atom stereocenters. The average Bonchev–Trinajstić information content (AvgIpc) is 2.51. The van der Waals surface area contributed by atoms with Crippen LogP contribution in [-0.4, -0.2) is 23.2 Å². The first-order chi connectivity index (χ1) is 12.1. The number of amides is 1. The summed E-state index contributed by atoms with van der Waals surface area (Å²) in [5.74, 6) is -2.36. The second kappa shape index (κ2) is 6.39. The number of halogens is 6. The van der Waals surface area contributed by atoms with E-state index in [-0.39, 0.29) is 17.3 Å². The van der Waals surface area contributed by atoms with Gasteiger partial charge in [0.05, 0.1) is 23.7 Å². The Morgan fingerprint density at radius 2 is 1.96 bits per heavy atom. The average molecular weight is 393 g/mol. The summed E-state index contributed by atoms with van der Waals surface area (Å²) in [6, 6.07) is 4.91. The molecule has 26 heavy (non-hydrogen) atoms. The van der Waals surface area contributed by atoms with E-state index in [2.05, 4.69) is 9.72 Å². The molecule has 4 nitrogen and oxygen atoms in total. The van der Waals surface area contributed by atoms with Gasteiger partial charge in [0.25, 0.3) is 0 Å². The van der Waals surface area contributed by atoms with Crippen molar-refractivity contribution in [3.63, 3.8) is 0 Å². The molecule has 0 fully saturated rings. The third-order valence-corrected chi connectivity index (χ3v) is 3.79. The van der Waals surface area contributed by atoms with E-state index in [0.717, 1.165) is 6.07 Å². The minimum Gasteiger partial charge on any atom is -0.423 e. The number of aromatic nitrogens is 1. The summed E-state index contributed by atoms with van der Waals surface area (Å²) in [5, 5.41) is 0.223. The molecule has 0 aliphatic carbocycles. The van der Waals surface area contributed by atoms with Crippen molar-refractivity contribution in [1.29, 1.82) is 0 Å². The van der Waals surface area contributed by atoms with Crippen LogP contribution in [0.5, 0.6) is 5.75 Å². The lowest BCUT2D eigenvalue weighted by atomic mass is 10.1. The Morgan fingerprint density at radius 3 is 2.62 bits per heavy atom. The molecule has 138 valence electrons. The van der Waals surface area contributed by atoms with Crippen molar-refractivity contribution in [3.8, 4) is 5.75 Å². The maximum atomic E-state index is 14.0. The number of carbonyl (C=O) groups is 1. The predicted octanol–water partition coefficient (Wildman–Crippen LogP) is 4.36. The molecule has 1 aliphatic rings. The summed E-state index contributed by atoms with van der Waals surface area (Å²) < 4.78 is 70.5. The topological polar surface area (TPSA) is 42.4 Å². The smallest absolute Gasteiger partial charge is 0.423 e. The lowest BCUT2D eigenvalue weighted by Crippen LogP contribution is -2.50. The molecular weight excluding hydrogens is 383 g/mol. The minimum atomic E-state index is -4.63. The van der Waals surface area contributed by atoms with Crippen LogP contribution in [0.3, 0.4) is 0 Å². The molecule has 2 heterocycles. The molecule has 1 aromatic carbocycles. The maximum Gasteiger partial charge on any atom is 0.483 e. The number of rotatable bonds is 3. The first-order valence-corrected chi connectivity index (χ1v) is 7.61. The standard InChI is InChI=1S/C16H10ClF5N2O2/c17-11-4-9(6-23-7-11)8-24-12-3-1-2-10(5-15(18,19)20)13(12)26-16(21,22)14(24)25/h1-4,6-7H,5,8H2. The number of para-hydroxylation sites is 1. The van der Waals surface area contributed by atoms with Gasteiger partial charge < -0.3 is 4.74 Å². The van der Waals surface area contributed by atoms with Crippen molar-refractivity contribution in [1.82, 2.24) is 4.98 Å². The molecule has 0 unspecified atom stereocenters. The Morgan fingerprint density at radius 1 is 1.23 bits per heavy atom. The summed E-state index contributed by atoms with van der Waals surface area (Å²) in [6.45, 7) is -0.353. The third kappa shape index (κ3) is 3.72. The Hall–Kier alpha value is -2.42. The molecule has 1 aliphatic heterocycles. The van der Waals surface area contributed by atoms with E-state index in [1.807, 2.05) is 0 Å². The van der Waals surface area contributed by atoms with Crippen LogP contribution in [0.25, 0.3) is 0 Å². The van der Waals surface area contributed by atoms with E-state index < -0.39 is 35.9 Å². The highest BCUT2D eigenvalue weighted by Gasteiger charge is 2.51. The lowest BCUT2D eigenvalue weighted by molar-refractivity contribution is -0.193. The van der Waals surface area contributed by atoms with E-state index in [0.29, 0.717) is 10.5 Å². The van der Waals surface area contributed by atoms with Crippen LogP contribution in [0.15, 0.2) is 36.7 Å². The van der Waals surface area contributed by atoms with Crippen LogP contribution in [0.2, 0.25) is 5.02 Å². The van der Waals surface area contributed by atoms with Crippen molar-refractivity contribution in [2.24, 2.45) is 0 Å². The van der Waals surface area contributed by atoms with Gasteiger partial charge in [-0.3, -0.25) is 14.7 Å². The van der Waals surface area contributed by atoms with Gasteiger partial charge in [-0.15, -0.1) is 0 Å². The third-order valence-electron chi connectivity index (χ3n) is 3.58. The number of alkyl halides is 5. The molecule has 0 radical (unpaired) electrons.